The van der Waals surface area contributed by atoms with Crippen LogP contribution in [-0.4, -0.2) is 75.5 Å². The molecular weight excluding hydrogens is 447 g/mol. The Morgan fingerprint density at radius 3 is 2.19 bits per heavy atom. The van der Waals surface area contributed by atoms with Gasteiger partial charge in [-0.2, -0.15) is 0 Å². The molecule has 0 atom stereocenters. The molecular formula is C17H35IN6O2. The standard InChI is InChI=1S/C17H34N6O2.HI/c1-17(2,3)15(25)20-8-9-21-16(19-5)22-13-6-10-23(11-7-13)12-14(24)18-4;/h13H,6-12H2,1-5H3,(H,18,24)(H,20,25)(H2,19,21,22);1H. The first-order valence-electron chi connectivity index (χ1n) is 8.94. The average Bonchev–Trinajstić information content (AvgIpc) is 2.57. The summed E-state index contributed by atoms with van der Waals surface area (Å²) in [6, 6.07) is 0.344. The minimum absolute atomic E-state index is 0. The zero-order valence-corrected chi connectivity index (χ0v) is 19.0. The van der Waals surface area contributed by atoms with Crippen LogP contribution in [0.5, 0.6) is 0 Å². The van der Waals surface area contributed by atoms with Gasteiger partial charge in [-0.05, 0) is 12.8 Å². The second kappa shape index (κ2) is 12.3. The van der Waals surface area contributed by atoms with E-state index < -0.39 is 0 Å². The molecule has 1 aliphatic heterocycles. The summed E-state index contributed by atoms with van der Waals surface area (Å²) in [5.74, 6) is 0.844. The minimum Gasteiger partial charge on any atom is -0.358 e. The van der Waals surface area contributed by atoms with Crippen molar-refractivity contribution in [2.24, 2.45) is 10.4 Å². The molecule has 152 valence electrons. The van der Waals surface area contributed by atoms with Crippen LogP contribution in [0, 0.1) is 5.41 Å². The highest BCUT2D eigenvalue weighted by atomic mass is 127. The Kier molecular flexibility index (Phi) is 11.8. The van der Waals surface area contributed by atoms with Crippen molar-refractivity contribution in [3.8, 4) is 0 Å². The zero-order valence-electron chi connectivity index (χ0n) is 16.6. The van der Waals surface area contributed by atoms with Gasteiger partial charge in [0.05, 0.1) is 6.54 Å². The van der Waals surface area contributed by atoms with E-state index >= 15 is 0 Å². The molecule has 0 unspecified atom stereocenters. The van der Waals surface area contributed by atoms with Gasteiger partial charge in [-0.25, -0.2) is 0 Å². The van der Waals surface area contributed by atoms with Crippen molar-refractivity contribution in [2.45, 2.75) is 39.7 Å². The first kappa shape index (κ1) is 24.9. The van der Waals surface area contributed by atoms with E-state index in [9.17, 15) is 9.59 Å². The first-order valence-corrected chi connectivity index (χ1v) is 8.94. The molecule has 1 saturated heterocycles. The lowest BCUT2D eigenvalue weighted by Crippen LogP contribution is -2.51. The maximum absolute atomic E-state index is 11.8. The molecule has 1 heterocycles. The number of rotatable bonds is 6. The zero-order chi connectivity index (χ0) is 18.9. The predicted octanol–water partition coefficient (Wildman–Crippen LogP) is 0.142. The van der Waals surface area contributed by atoms with Crippen LogP contribution >= 0.6 is 24.0 Å². The number of nitrogens with one attached hydrogen (secondary N) is 4. The highest BCUT2D eigenvalue weighted by Gasteiger charge is 2.22. The Bertz CT molecular complexity index is 470. The lowest BCUT2D eigenvalue weighted by Gasteiger charge is -2.32. The molecule has 0 radical (unpaired) electrons. The van der Waals surface area contributed by atoms with E-state index in [4.69, 9.17) is 0 Å². The molecule has 0 saturated carbocycles. The fourth-order valence-electron chi connectivity index (χ4n) is 2.53. The van der Waals surface area contributed by atoms with E-state index in [-0.39, 0.29) is 41.2 Å². The van der Waals surface area contributed by atoms with Crippen LogP contribution in [0.25, 0.3) is 0 Å². The normalized spacial score (nSPS) is 16.4. The monoisotopic (exact) mass is 482 g/mol. The van der Waals surface area contributed by atoms with E-state index in [0.717, 1.165) is 31.9 Å². The number of carbonyl (C=O) groups excluding carboxylic acids is 2. The second-order valence-electron chi connectivity index (χ2n) is 7.37. The average molecular weight is 482 g/mol. The third kappa shape index (κ3) is 9.56. The van der Waals surface area contributed by atoms with Gasteiger partial charge in [0.25, 0.3) is 0 Å². The largest absolute Gasteiger partial charge is 0.358 e. The summed E-state index contributed by atoms with van der Waals surface area (Å²) in [4.78, 5) is 29.6. The van der Waals surface area contributed by atoms with Crippen LogP contribution in [0.2, 0.25) is 0 Å². The molecule has 0 aromatic rings. The molecule has 4 N–H and O–H groups in total. The van der Waals surface area contributed by atoms with Crippen molar-refractivity contribution in [1.82, 2.24) is 26.2 Å². The summed E-state index contributed by atoms with van der Waals surface area (Å²) < 4.78 is 0. The first-order chi connectivity index (χ1) is 11.8. The van der Waals surface area contributed by atoms with Crippen molar-refractivity contribution >= 4 is 41.8 Å². The molecule has 0 bridgehead atoms. The van der Waals surface area contributed by atoms with Crippen molar-refractivity contribution in [2.75, 3.05) is 46.8 Å². The number of hydrogen-bond acceptors (Lipinski definition) is 4. The fraction of sp³-hybridized carbons (Fsp3) is 0.824. The van der Waals surface area contributed by atoms with Gasteiger partial charge in [0, 0.05) is 51.7 Å². The Morgan fingerprint density at radius 1 is 1.12 bits per heavy atom. The highest BCUT2D eigenvalue weighted by molar-refractivity contribution is 14.0. The maximum atomic E-state index is 11.8. The number of piperidine rings is 1. The maximum Gasteiger partial charge on any atom is 0.233 e. The fourth-order valence-corrected chi connectivity index (χ4v) is 2.53. The SMILES string of the molecule is CN=C(NCCNC(=O)C(C)(C)C)NC1CCN(CC(=O)NC)CC1.I. The van der Waals surface area contributed by atoms with Gasteiger partial charge in [-0.1, -0.05) is 20.8 Å². The van der Waals surface area contributed by atoms with Gasteiger partial charge in [0.2, 0.25) is 11.8 Å². The van der Waals surface area contributed by atoms with Crippen LogP contribution in [-0.2, 0) is 9.59 Å². The summed E-state index contributed by atoms with van der Waals surface area (Å²) in [6.07, 6.45) is 1.94. The summed E-state index contributed by atoms with van der Waals surface area (Å²) in [7, 11) is 3.40. The van der Waals surface area contributed by atoms with Crippen LogP contribution in [0.1, 0.15) is 33.6 Å². The second-order valence-corrected chi connectivity index (χ2v) is 7.37. The van der Waals surface area contributed by atoms with Crippen molar-refractivity contribution < 1.29 is 9.59 Å². The lowest BCUT2D eigenvalue weighted by atomic mass is 9.96. The molecule has 26 heavy (non-hydrogen) atoms. The van der Waals surface area contributed by atoms with Gasteiger partial charge in [-0.3, -0.25) is 19.5 Å². The van der Waals surface area contributed by atoms with Crippen molar-refractivity contribution in [3.63, 3.8) is 0 Å². The van der Waals surface area contributed by atoms with Gasteiger partial charge < -0.3 is 21.3 Å². The van der Waals surface area contributed by atoms with Crippen LogP contribution in [0.15, 0.2) is 4.99 Å². The number of nitrogens with zero attached hydrogens (tertiary/aromatic N) is 2. The number of amides is 2. The molecule has 0 aliphatic carbocycles. The van der Waals surface area contributed by atoms with E-state index in [1.807, 2.05) is 20.8 Å². The van der Waals surface area contributed by atoms with Crippen molar-refractivity contribution in [3.05, 3.63) is 0 Å². The highest BCUT2D eigenvalue weighted by Crippen LogP contribution is 2.12. The van der Waals surface area contributed by atoms with E-state index in [0.29, 0.717) is 25.7 Å². The van der Waals surface area contributed by atoms with Crippen LogP contribution in [0.4, 0.5) is 0 Å². The molecule has 0 aromatic heterocycles. The Hall–Kier alpha value is -1.10. The predicted molar refractivity (Wildman–Crippen MR) is 116 cm³/mol. The lowest BCUT2D eigenvalue weighted by molar-refractivity contribution is -0.128. The molecule has 0 aromatic carbocycles. The Labute approximate surface area is 174 Å². The summed E-state index contributed by atoms with van der Waals surface area (Å²) in [5, 5.41) is 12.2. The van der Waals surface area contributed by atoms with Crippen LogP contribution in [0.3, 0.4) is 0 Å². The van der Waals surface area contributed by atoms with E-state index in [2.05, 4.69) is 31.2 Å². The number of likely N-dealkylation sites (N-methyl/N-ethyl adjacent to an activating group) is 1. The molecule has 8 nitrogen and oxygen atoms in total. The number of aliphatic imine (C=N–C) groups is 1. The van der Waals surface area contributed by atoms with Crippen molar-refractivity contribution in [1.29, 1.82) is 0 Å². The third-order valence-electron chi connectivity index (χ3n) is 4.18. The summed E-state index contributed by atoms with van der Waals surface area (Å²) >= 11 is 0. The van der Waals surface area contributed by atoms with Gasteiger partial charge in [-0.15, -0.1) is 24.0 Å². The molecule has 9 heteroatoms. The topological polar surface area (TPSA) is 97.9 Å². The molecule has 1 aliphatic rings. The van der Waals surface area contributed by atoms with Gasteiger partial charge in [0.1, 0.15) is 0 Å². The Morgan fingerprint density at radius 2 is 1.69 bits per heavy atom. The number of hydrogen-bond donors (Lipinski definition) is 4. The molecule has 1 fully saturated rings. The van der Waals surface area contributed by atoms with E-state index in [1.54, 1.807) is 14.1 Å². The quantitative estimate of drug-likeness (QED) is 0.187. The van der Waals surface area contributed by atoms with Crippen LogP contribution < -0.4 is 21.3 Å². The summed E-state index contributed by atoms with van der Waals surface area (Å²) in [6.45, 7) is 9.11. The number of carbonyl (C=O) groups is 2. The Balaban J connectivity index is 0.00000625. The third-order valence-corrected chi connectivity index (χ3v) is 4.18. The number of guanidine groups is 1. The molecule has 1 rings (SSSR count). The van der Waals surface area contributed by atoms with Gasteiger partial charge in [0.15, 0.2) is 5.96 Å². The molecule has 2 amide bonds. The number of halogens is 1. The smallest absolute Gasteiger partial charge is 0.233 e. The minimum atomic E-state index is -0.372. The number of likely N-dealkylation sites (tertiary alicyclic amines) is 1. The van der Waals surface area contributed by atoms with Gasteiger partial charge >= 0.3 is 0 Å². The van der Waals surface area contributed by atoms with E-state index in [1.165, 1.54) is 0 Å². The molecule has 0 spiro atoms. The summed E-state index contributed by atoms with van der Waals surface area (Å²) in [5.41, 5.74) is -0.372.